The summed E-state index contributed by atoms with van der Waals surface area (Å²) in [6.45, 7) is -0.590. The van der Waals surface area contributed by atoms with Crippen molar-refractivity contribution in [1.29, 1.82) is 0 Å². The predicted molar refractivity (Wildman–Crippen MR) is 103 cm³/mol. The Bertz CT molecular complexity index is 1250. The molecular weight excluding hydrogens is 422 g/mol. The van der Waals surface area contributed by atoms with Gasteiger partial charge in [0, 0.05) is 5.56 Å². The van der Waals surface area contributed by atoms with Gasteiger partial charge >= 0.3 is 6.18 Å². The molecule has 0 aliphatic heterocycles. The maximum absolute atomic E-state index is 15.2. The largest absolute Gasteiger partial charge is 0.484 e. The standard InChI is InChI=1S/C20H13F4N3O2S/c21-15-16(29-9-11-5-1-2-6-12(11)20(22,23)24)17(18(25)28)30-19(15)27-10-26-13-7-3-4-8-14(13)27/h1-8,10H,9H2,(H2,25,28). The fraction of sp³-hybridized carbons (Fsp3) is 0.100. The number of para-hydroxylation sites is 2. The quantitative estimate of drug-likeness (QED) is 0.452. The number of thiophene rings is 1. The molecular formula is C20H13F4N3O2S. The van der Waals surface area contributed by atoms with Crippen LogP contribution in [0.4, 0.5) is 17.6 Å². The highest BCUT2D eigenvalue weighted by molar-refractivity contribution is 7.16. The van der Waals surface area contributed by atoms with Crippen LogP contribution in [-0.2, 0) is 12.8 Å². The normalized spacial score (nSPS) is 11.7. The van der Waals surface area contributed by atoms with Gasteiger partial charge in [-0.1, -0.05) is 30.3 Å². The molecule has 0 fully saturated rings. The average Bonchev–Trinajstić information content (AvgIpc) is 3.27. The number of nitrogens with zero attached hydrogens (tertiary/aromatic N) is 2. The Morgan fingerprint density at radius 2 is 1.83 bits per heavy atom. The molecule has 0 unspecified atom stereocenters. The second kappa shape index (κ2) is 7.45. The number of alkyl halides is 3. The molecule has 154 valence electrons. The number of ether oxygens (including phenoxy) is 1. The van der Waals surface area contributed by atoms with Gasteiger partial charge < -0.3 is 10.5 Å². The number of imidazole rings is 1. The molecule has 0 saturated heterocycles. The Morgan fingerprint density at radius 1 is 1.13 bits per heavy atom. The summed E-state index contributed by atoms with van der Waals surface area (Å²) in [5.74, 6) is -2.34. The zero-order valence-corrected chi connectivity index (χ0v) is 15.9. The van der Waals surface area contributed by atoms with Gasteiger partial charge in [-0.3, -0.25) is 9.36 Å². The highest BCUT2D eigenvalue weighted by atomic mass is 32.1. The van der Waals surface area contributed by atoms with E-state index in [1.807, 2.05) is 0 Å². The van der Waals surface area contributed by atoms with Gasteiger partial charge in [0.2, 0.25) is 5.82 Å². The second-order valence-electron chi connectivity index (χ2n) is 6.29. The third-order valence-electron chi connectivity index (χ3n) is 4.38. The fourth-order valence-corrected chi connectivity index (χ4v) is 3.99. The minimum atomic E-state index is -4.60. The zero-order valence-electron chi connectivity index (χ0n) is 15.1. The number of rotatable bonds is 5. The molecule has 2 aromatic heterocycles. The third kappa shape index (κ3) is 3.50. The molecule has 30 heavy (non-hydrogen) atoms. The maximum Gasteiger partial charge on any atom is 0.416 e. The molecule has 2 heterocycles. The fourth-order valence-electron chi connectivity index (χ4n) is 3.02. The van der Waals surface area contributed by atoms with E-state index in [9.17, 15) is 18.0 Å². The van der Waals surface area contributed by atoms with Gasteiger partial charge in [-0.25, -0.2) is 4.98 Å². The molecule has 4 rings (SSSR count). The molecule has 0 aliphatic rings. The lowest BCUT2D eigenvalue weighted by atomic mass is 10.1. The number of aromatic nitrogens is 2. The Kier molecular flexibility index (Phi) is 4.94. The van der Waals surface area contributed by atoms with Crippen molar-refractivity contribution in [3.8, 4) is 10.8 Å². The molecule has 0 atom stereocenters. The minimum absolute atomic E-state index is 0.00314. The Balaban J connectivity index is 1.74. The molecule has 10 heteroatoms. The number of benzene rings is 2. The molecule has 0 radical (unpaired) electrons. The van der Waals surface area contributed by atoms with Crippen molar-refractivity contribution in [3.05, 3.63) is 76.7 Å². The summed E-state index contributed by atoms with van der Waals surface area (Å²) in [4.78, 5) is 15.8. The molecule has 0 spiro atoms. The summed E-state index contributed by atoms with van der Waals surface area (Å²) < 4.78 is 61.5. The van der Waals surface area contributed by atoms with Gasteiger partial charge in [0.25, 0.3) is 5.91 Å². The summed E-state index contributed by atoms with van der Waals surface area (Å²) in [6, 6.07) is 11.7. The number of carbonyl (C=O) groups excluding carboxylic acids is 1. The van der Waals surface area contributed by atoms with Crippen LogP contribution in [0.1, 0.15) is 20.8 Å². The van der Waals surface area contributed by atoms with Crippen molar-refractivity contribution in [2.24, 2.45) is 5.73 Å². The van der Waals surface area contributed by atoms with Crippen LogP contribution < -0.4 is 10.5 Å². The van der Waals surface area contributed by atoms with Gasteiger partial charge in [0.1, 0.15) is 22.8 Å². The van der Waals surface area contributed by atoms with Crippen LogP contribution in [-0.4, -0.2) is 15.5 Å². The van der Waals surface area contributed by atoms with Gasteiger partial charge in [0.15, 0.2) is 5.75 Å². The van der Waals surface area contributed by atoms with E-state index >= 15 is 4.39 Å². The van der Waals surface area contributed by atoms with Gasteiger partial charge in [0.05, 0.1) is 16.6 Å². The highest BCUT2D eigenvalue weighted by Gasteiger charge is 2.33. The number of amides is 1. The summed E-state index contributed by atoms with van der Waals surface area (Å²) in [6.07, 6.45) is -3.21. The van der Waals surface area contributed by atoms with E-state index < -0.39 is 35.8 Å². The number of primary amides is 1. The predicted octanol–water partition coefficient (Wildman–Crippen LogP) is 4.92. The number of carbonyl (C=O) groups is 1. The van der Waals surface area contributed by atoms with Crippen LogP contribution in [0.5, 0.6) is 5.75 Å². The smallest absolute Gasteiger partial charge is 0.416 e. The van der Waals surface area contributed by atoms with Crippen LogP contribution in [0.2, 0.25) is 0 Å². The Hall–Kier alpha value is -3.40. The number of fused-ring (bicyclic) bond motifs is 1. The van der Waals surface area contributed by atoms with E-state index in [-0.39, 0.29) is 15.4 Å². The first-order valence-corrected chi connectivity index (χ1v) is 9.41. The molecule has 4 aromatic rings. The van der Waals surface area contributed by atoms with E-state index in [4.69, 9.17) is 10.5 Å². The highest BCUT2D eigenvalue weighted by Crippen LogP contribution is 2.39. The summed E-state index contributed by atoms with van der Waals surface area (Å²) >= 11 is 0.738. The van der Waals surface area contributed by atoms with Crippen LogP contribution in [0.3, 0.4) is 0 Å². The lowest BCUT2D eigenvalue weighted by molar-refractivity contribution is -0.138. The molecule has 1 amide bonds. The van der Waals surface area contributed by atoms with Gasteiger partial charge in [-0.05, 0) is 18.2 Å². The molecule has 0 saturated carbocycles. The number of nitrogens with two attached hydrogens (primary N) is 1. The van der Waals surface area contributed by atoms with Crippen molar-refractivity contribution >= 4 is 28.3 Å². The topological polar surface area (TPSA) is 70.1 Å². The minimum Gasteiger partial charge on any atom is -0.484 e. The maximum atomic E-state index is 15.2. The van der Waals surface area contributed by atoms with Gasteiger partial charge in [-0.15, -0.1) is 11.3 Å². The molecule has 2 aromatic carbocycles. The molecule has 0 aliphatic carbocycles. The monoisotopic (exact) mass is 435 g/mol. The first-order valence-electron chi connectivity index (χ1n) is 8.60. The Morgan fingerprint density at radius 3 is 2.57 bits per heavy atom. The lowest BCUT2D eigenvalue weighted by Gasteiger charge is -2.13. The summed E-state index contributed by atoms with van der Waals surface area (Å²) in [5, 5.41) is -0.00314. The summed E-state index contributed by atoms with van der Waals surface area (Å²) in [5.41, 5.74) is 5.45. The van der Waals surface area contributed by atoms with Crippen molar-refractivity contribution in [2.45, 2.75) is 12.8 Å². The number of hydrogen-bond donors (Lipinski definition) is 1. The molecule has 0 bridgehead atoms. The Labute approximate surface area is 171 Å². The van der Waals surface area contributed by atoms with Gasteiger partial charge in [-0.2, -0.15) is 17.6 Å². The van der Waals surface area contributed by atoms with Crippen molar-refractivity contribution in [2.75, 3.05) is 0 Å². The number of halogens is 4. The van der Waals surface area contributed by atoms with Crippen LogP contribution in [0.15, 0.2) is 54.9 Å². The first-order chi connectivity index (χ1) is 14.3. The molecule has 5 nitrogen and oxygen atoms in total. The van der Waals surface area contributed by atoms with Crippen LogP contribution in [0, 0.1) is 5.82 Å². The van der Waals surface area contributed by atoms with Crippen molar-refractivity contribution in [3.63, 3.8) is 0 Å². The van der Waals surface area contributed by atoms with Crippen molar-refractivity contribution < 1.29 is 27.1 Å². The third-order valence-corrected chi connectivity index (χ3v) is 5.54. The van der Waals surface area contributed by atoms with E-state index in [1.165, 1.54) is 29.1 Å². The van der Waals surface area contributed by atoms with Crippen LogP contribution in [0.25, 0.3) is 16.0 Å². The van der Waals surface area contributed by atoms with E-state index in [1.54, 1.807) is 24.3 Å². The lowest BCUT2D eigenvalue weighted by Crippen LogP contribution is -2.13. The number of hydrogen-bond acceptors (Lipinski definition) is 4. The average molecular weight is 435 g/mol. The molecule has 2 N–H and O–H groups in total. The second-order valence-corrected chi connectivity index (χ2v) is 7.29. The SMILES string of the molecule is NC(=O)c1sc(-n2cnc3ccccc32)c(F)c1OCc1ccccc1C(F)(F)F. The first kappa shape index (κ1) is 19.9. The van der Waals surface area contributed by atoms with E-state index in [2.05, 4.69) is 4.98 Å². The van der Waals surface area contributed by atoms with Crippen LogP contribution >= 0.6 is 11.3 Å². The van der Waals surface area contributed by atoms with E-state index in [0.717, 1.165) is 17.4 Å². The summed E-state index contributed by atoms with van der Waals surface area (Å²) in [7, 11) is 0. The van der Waals surface area contributed by atoms with E-state index in [0.29, 0.717) is 11.0 Å². The zero-order chi connectivity index (χ0) is 21.5. The van der Waals surface area contributed by atoms with Crippen molar-refractivity contribution in [1.82, 2.24) is 9.55 Å².